The molecule has 1 saturated heterocycles. The Kier molecular flexibility index (Phi) is 4.24. The molecule has 6 heteroatoms. The Labute approximate surface area is 129 Å². The van der Waals surface area contributed by atoms with Crippen molar-refractivity contribution in [1.82, 2.24) is 20.4 Å². The molecule has 0 amide bonds. The summed E-state index contributed by atoms with van der Waals surface area (Å²) >= 11 is 5.89. The van der Waals surface area contributed by atoms with Crippen LogP contribution < -0.4 is 5.32 Å². The quantitative estimate of drug-likeness (QED) is 0.944. The molecule has 1 fully saturated rings. The minimum Gasteiger partial charge on any atom is -0.338 e. The molecule has 112 valence electrons. The first-order valence-corrected chi connectivity index (χ1v) is 7.55. The number of benzene rings is 1. The summed E-state index contributed by atoms with van der Waals surface area (Å²) in [5.41, 5.74) is 0.913. The smallest absolute Gasteiger partial charge is 0.241 e. The van der Waals surface area contributed by atoms with Crippen molar-refractivity contribution in [2.24, 2.45) is 0 Å². The number of halogens is 1. The van der Waals surface area contributed by atoms with Crippen LogP contribution in [0.2, 0.25) is 5.02 Å². The van der Waals surface area contributed by atoms with Gasteiger partial charge in [0, 0.05) is 35.8 Å². The number of aromatic nitrogens is 2. The third-order valence-corrected chi connectivity index (χ3v) is 4.05. The maximum atomic E-state index is 5.89. The summed E-state index contributed by atoms with van der Waals surface area (Å²) in [6.45, 7) is 7.05. The van der Waals surface area contributed by atoms with Crippen molar-refractivity contribution in [2.45, 2.75) is 32.5 Å². The first kappa shape index (κ1) is 14.5. The van der Waals surface area contributed by atoms with E-state index in [9.17, 15) is 0 Å². The molecule has 1 N–H and O–H groups in total. The van der Waals surface area contributed by atoms with E-state index < -0.39 is 0 Å². The van der Waals surface area contributed by atoms with Crippen molar-refractivity contribution in [3.63, 3.8) is 0 Å². The zero-order valence-electron chi connectivity index (χ0n) is 12.2. The van der Waals surface area contributed by atoms with Crippen LogP contribution in [0.3, 0.4) is 0 Å². The highest BCUT2D eigenvalue weighted by Gasteiger charge is 2.24. The highest BCUT2D eigenvalue weighted by atomic mass is 35.5. The predicted molar refractivity (Wildman–Crippen MR) is 82.1 cm³/mol. The molecule has 1 aromatic heterocycles. The lowest BCUT2D eigenvalue weighted by atomic mass is 10.1. The van der Waals surface area contributed by atoms with Gasteiger partial charge in [0.2, 0.25) is 11.7 Å². The van der Waals surface area contributed by atoms with Crippen LogP contribution in [-0.2, 0) is 6.54 Å². The van der Waals surface area contributed by atoms with Crippen LogP contribution in [-0.4, -0.2) is 40.2 Å². The van der Waals surface area contributed by atoms with E-state index in [2.05, 4.69) is 34.2 Å². The topological polar surface area (TPSA) is 54.2 Å². The fourth-order valence-corrected chi connectivity index (χ4v) is 2.65. The molecule has 2 heterocycles. The Morgan fingerprint density at radius 3 is 2.86 bits per heavy atom. The average molecular weight is 307 g/mol. The van der Waals surface area contributed by atoms with Gasteiger partial charge in [0.25, 0.3) is 0 Å². The van der Waals surface area contributed by atoms with E-state index in [1.165, 1.54) is 0 Å². The van der Waals surface area contributed by atoms with Gasteiger partial charge in [0.05, 0.1) is 6.54 Å². The maximum Gasteiger partial charge on any atom is 0.241 e. The van der Waals surface area contributed by atoms with E-state index >= 15 is 0 Å². The molecular weight excluding hydrogens is 288 g/mol. The molecule has 1 aromatic carbocycles. The van der Waals surface area contributed by atoms with Crippen LogP contribution in [0.5, 0.6) is 0 Å². The van der Waals surface area contributed by atoms with Crippen molar-refractivity contribution in [3.8, 4) is 11.4 Å². The van der Waals surface area contributed by atoms with Crippen molar-refractivity contribution < 1.29 is 4.52 Å². The highest BCUT2D eigenvalue weighted by molar-refractivity contribution is 6.30. The Morgan fingerprint density at radius 1 is 1.33 bits per heavy atom. The normalized spacial score (nSPS) is 23.4. The number of nitrogens with one attached hydrogen (secondary N) is 1. The van der Waals surface area contributed by atoms with Gasteiger partial charge in [-0.05, 0) is 38.1 Å². The largest absolute Gasteiger partial charge is 0.338 e. The van der Waals surface area contributed by atoms with Gasteiger partial charge >= 0.3 is 0 Å². The minimum absolute atomic E-state index is 0.465. The van der Waals surface area contributed by atoms with Crippen molar-refractivity contribution in [1.29, 1.82) is 0 Å². The van der Waals surface area contributed by atoms with Crippen LogP contribution in [0.1, 0.15) is 19.7 Å². The Balaban J connectivity index is 1.71. The third-order valence-electron chi connectivity index (χ3n) is 3.80. The fraction of sp³-hybridized carbons (Fsp3) is 0.467. The summed E-state index contributed by atoms with van der Waals surface area (Å²) in [5.74, 6) is 1.26. The summed E-state index contributed by atoms with van der Waals surface area (Å²) in [5, 5.41) is 8.22. The van der Waals surface area contributed by atoms with Gasteiger partial charge < -0.3 is 9.84 Å². The molecular formula is C15H19ClN4O. The summed E-state index contributed by atoms with van der Waals surface area (Å²) < 4.78 is 5.38. The third kappa shape index (κ3) is 3.43. The van der Waals surface area contributed by atoms with Gasteiger partial charge in [-0.1, -0.05) is 16.8 Å². The standard InChI is InChI=1S/C15H19ClN4O/c1-10-8-20(11(2)7-17-10)9-14-18-15(19-21-14)12-3-5-13(16)6-4-12/h3-6,10-11,17H,7-9H2,1-2H3. The second-order valence-electron chi connectivity index (χ2n) is 5.61. The molecule has 2 aromatic rings. The number of hydrogen-bond donors (Lipinski definition) is 1. The SMILES string of the molecule is CC1CN(Cc2nc(-c3ccc(Cl)cc3)no2)C(C)CN1. The average Bonchev–Trinajstić information content (AvgIpc) is 2.92. The highest BCUT2D eigenvalue weighted by Crippen LogP contribution is 2.19. The molecule has 5 nitrogen and oxygen atoms in total. The van der Waals surface area contributed by atoms with Crippen molar-refractivity contribution >= 4 is 11.6 Å². The molecule has 2 atom stereocenters. The number of rotatable bonds is 3. The Hall–Kier alpha value is -1.43. The number of nitrogens with zero attached hydrogens (tertiary/aromatic N) is 3. The van der Waals surface area contributed by atoms with Crippen molar-refractivity contribution in [3.05, 3.63) is 35.2 Å². The van der Waals surface area contributed by atoms with Gasteiger partial charge in [0.15, 0.2) is 0 Å². The second-order valence-corrected chi connectivity index (χ2v) is 6.04. The molecule has 0 spiro atoms. The zero-order valence-corrected chi connectivity index (χ0v) is 13.0. The second kappa shape index (κ2) is 6.13. The van der Waals surface area contributed by atoms with E-state index in [0.717, 1.165) is 18.7 Å². The molecule has 0 radical (unpaired) electrons. The van der Waals surface area contributed by atoms with Gasteiger partial charge in [0.1, 0.15) is 0 Å². The molecule has 0 aliphatic carbocycles. The summed E-state index contributed by atoms with van der Waals surface area (Å²) in [4.78, 5) is 6.84. The molecule has 2 unspecified atom stereocenters. The van der Waals surface area contributed by atoms with Crippen LogP contribution in [0, 0.1) is 0 Å². The van der Waals surface area contributed by atoms with Crippen molar-refractivity contribution in [2.75, 3.05) is 13.1 Å². The zero-order chi connectivity index (χ0) is 14.8. The van der Waals surface area contributed by atoms with Crippen LogP contribution in [0.4, 0.5) is 0 Å². The van der Waals surface area contributed by atoms with E-state index in [1.54, 1.807) is 0 Å². The van der Waals surface area contributed by atoms with E-state index in [4.69, 9.17) is 16.1 Å². The lowest BCUT2D eigenvalue weighted by Gasteiger charge is -2.36. The summed E-state index contributed by atoms with van der Waals surface area (Å²) in [6, 6.07) is 8.39. The molecule has 3 rings (SSSR count). The lowest BCUT2D eigenvalue weighted by Crippen LogP contribution is -2.53. The molecule has 1 aliphatic heterocycles. The van der Waals surface area contributed by atoms with Gasteiger partial charge in [-0.2, -0.15) is 4.98 Å². The fourth-order valence-electron chi connectivity index (χ4n) is 2.53. The Morgan fingerprint density at radius 2 is 2.10 bits per heavy atom. The molecule has 21 heavy (non-hydrogen) atoms. The molecule has 0 bridgehead atoms. The summed E-state index contributed by atoms with van der Waals surface area (Å²) in [6.07, 6.45) is 0. The first-order valence-electron chi connectivity index (χ1n) is 7.18. The lowest BCUT2D eigenvalue weighted by molar-refractivity contribution is 0.123. The van der Waals surface area contributed by atoms with Crippen LogP contribution >= 0.6 is 11.6 Å². The predicted octanol–water partition coefficient (Wildman–Crippen LogP) is 2.57. The maximum absolute atomic E-state index is 5.89. The van der Waals surface area contributed by atoms with Crippen LogP contribution in [0.25, 0.3) is 11.4 Å². The van der Waals surface area contributed by atoms with E-state index in [-0.39, 0.29) is 0 Å². The Bertz CT molecular complexity index is 598. The van der Waals surface area contributed by atoms with Gasteiger partial charge in [-0.3, -0.25) is 4.90 Å². The van der Waals surface area contributed by atoms with Gasteiger partial charge in [-0.15, -0.1) is 0 Å². The van der Waals surface area contributed by atoms with Gasteiger partial charge in [-0.25, -0.2) is 0 Å². The van der Waals surface area contributed by atoms with E-state index in [1.807, 2.05) is 24.3 Å². The number of hydrogen-bond acceptors (Lipinski definition) is 5. The summed E-state index contributed by atoms with van der Waals surface area (Å²) in [7, 11) is 0. The van der Waals surface area contributed by atoms with Crippen LogP contribution in [0.15, 0.2) is 28.8 Å². The monoisotopic (exact) mass is 306 g/mol. The van der Waals surface area contributed by atoms with E-state index in [0.29, 0.717) is 35.4 Å². The molecule has 0 saturated carbocycles. The first-order chi connectivity index (χ1) is 10.1. The minimum atomic E-state index is 0.465. The molecule has 1 aliphatic rings. The number of piperazine rings is 1.